The van der Waals surface area contributed by atoms with Crippen molar-refractivity contribution in [3.8, 4) is 5.75 Å². The zero-order chi connectivity index (χ0) is 15.8. The molecule has 2 aromatic heterocycles. The van der Waals surface area contributed by atoms with Gasteiger partial charge in [-0.3, -0.25) is 9.48 Å². The summed E-state index contributed by atoms with van der Waals surface area (Å²) in [5, 5.41) is 5.92. The Morgan fingerprint density at radius 1 is 1.13 bits per heavy atom. The van der Waals surface area contributed by atoms with Crippen molar-refractivity contribution in [1.29, 1.82) is 0 Å². The number of aromatic nitrogens is 3. The monoisotopic (exact) mass is 305 g/mol. The summed E-state index contributed by atoms with van der Waals surface area (Å²) >= 11 is 0. The molecule has 0 unspecified atom stereocenters. The average Bonchev–Trinajstić information content (AvgIpc) is 3.00. The van der Waals surface area contributed by atoms with Crippen LogP contribution in [0.2, 0.25) is 0 Å². The Labute approximate surface area is 132 Å². The third-order valence-electron chi connectivity index (χ3n) is 3.99. The Morgan fingerprint density at radius 3 is 2.74 bits per heavy atom. The number of hydrogen-bond donors (Lipinski definition) is 1. The first-order valence-electron chi connectivity index (χ1n) is 7.36. The lowest BCUT2D eigenvalue weighted by atomic mass is 10.1. The van der Waals surface area contributed by atoms with Gasteiger partial charge in [-0.25, -0.2) is 0 Å². The van der Waals surface area contributed by atoms with Crippen molar-refractivity contribution >= 4 is 21.8 Å². The van der Waals surface area contributed by atoms with Gasteiger partial charge in [-0.05, 0) is 23.8 Å². The summed E-state index contributed by atoms with van der Waals surface area (Å²) < 4.78 is 7.18. The minimum absolute atomic E-state index is 0.128. The Bertz CT molecular complexity index is 1050. The van der Waals surface area contributed by atoms with Crippen LogP contribution in [0.15, 0.2) is 59.5 Å². The number of methoxy groups -OCH3 is 1. The number of hydrogen-bond acceptors (Lipinski definition) is 3. The molecule has 0 saturated heterocycles. The highest BCUT2D eigenvalue weighted by Gasteiger charge is 2.12. The number of fused-ring (bicyclic) bond motifs is 3. The number of nitrogens with one attached hydrogen (secondary N) is 1. The van der Waals surface area contributed by atoms with Gasteiger partial charge in [0.05, 0.1) is 36.3 Å². The smallest absolute Gasteiger partial charge is 0.259 e. The second kappa shape index (κ2) is 5.28. The third-order valence-corrected chi connectivity index (χ3v) is 3.99. The normalized spacial score (nSPS) is 11.2. The number of pyridine rings is 1. The van der Waals surface area contributed by atoms with Gasteiger partial charge in [-0.15, -0.1) is 0 Å². The van der Waals surface area contributed by atoms with Crippen LogP contribution in [0.1, 0.15) is 5.56 Å². The van der Waals surface area contributed by atoms with E-state index in [-0.39, 0.29) is 5.56 Å². The van der Waals surface area contributed by atoms with Crippen molar-refractivity contribution in [2.75, 3.05) is 7.11 Å². The first-order chi connectivity index (χ1) is 11.3. The van der Waals surface area contributed by atoms with Crippen LogP contribution in [0.3, 0.4) is 0 Å². The van der Waals surface area contributed by atoms with E-state index < -0.39 is 0 Å². The summed E-state index contributed by atoms with van der Waals surface area (Å²) in [6.45, 7) is 0.611. The van der Waals surface area contributed by atoms with Gasteiger partial charge in [-0.2, -0.15) is 5.10 Å². The topological polar surface area (TPSA) is 59.9 Å². The molecule has 0 atom stereocenters. The predicted octanol–water partition coefficient (Wildman–Crippen LogP) is 2.93. The maximum absolute atomic E-state index is 12.3. The molecule has 4 aromatic rings. The Hall–Kier alpha value is -3.08. The molecular formula is C18H15N3O2. The van der Waals surface area contributed by atoms with E-state index >= 15 is 0 Å². The number of aromatic amines is 1. The van der Waals surface area contributed by atoms with Crippen LogP contribution in [-0.2, 0) is 6.54 Å². The summed E-state index contributed by atoms with van der Waals surface area (Å²) in [7, 11) is 1.63. The van der Waals surface area contributed by atoms with Gasteiger partial charge in [0.2, 0.25) is 0 Å². The average molecular weight is 305 g/mol. The van der Waals surface area contributed by atoms with Crippen LogP contribution < -0.4 is 10.3 Å². The number of ether oxygens (including phenoxy) is 1. The molecule has 0 spiro atoms. The molecule has 114 valence electrons. The van der Waals surface area contributed by atoms with E-state index in [1.165, 1.54) is 0 Å². The zero-order valence-corrected chi connectivity index (χ0v) is 12.6. The molecule has 5 nitrogen and oxygen atoms in total. The van der Waals surface area contributed by atoms with E-state index in [1.54, 1.807) is 13.3 Å². The maximum atomic E-state index is 12.3. The van der Waals surface area contributed by atoms with Gasteiger partial charge in [0, 0.05) is 5.39 Å². The van der Waals surface area contributed by atoms with Crippen molar-refractivity contribution < 1.29 is 4.74 Å². The summed E-state index contributed by atoms with van der Waals surface area (Å²) in [5.41, 5.74) is 2.61. The molecule has 1 N–H and O–H groups in total. The SMILES string of the molecule is COc1ccc2[nH]c(=O)c3cnn(Cc4ccccc4)c3c2c1. The van der Waals surface area contributed by atoms with E-state index in [0.717, 1.165) is 27.7 Å². The van der Waals surface area contributed by atoms with Crippen LogP contribution in [0.25, 0.3) is 21.8 Å². The molecule has 0 aliphatic rings. The van der Waals surface area contributed by atoms with Gasteiger partial charge in [0.1, 0.15) is 5.75 Å². The number of H-pyrrole nitrogens is 1. The minimum Gasteiger partial charge on any atom is -0.497 e. The first-order valence-corrected chi connectivity index (χ1v) is 7.36. The van der Waals surface area contributed by atoms with E-state index in [1.807, 2.05) is 53.2 Å². The number of benzene rings is 2. The summed E-state index contributed by atoms with van der Waals surface area (Å²) in [6.07, 6.45) is 1.62. The lowest BCUT2D eigenvalue weighted by molar-refractivity contribution is 0.415. The summed E-state index contributed by atoms with van der Waals surface area (Å²) in [5.74, 6) is 0.748. The second-order valence-corrected chi connectivity index (χ2v) is 5.42. The fraction of sp³-hybridized carbons (Fsp3) is 0.111. The van der Waals surface area contributed by atoms with Crippen molar-refractivity contribution in [3.63, 3.8) is 0 Å². The lowest BCUT2D eigenvalue weighted by Crippen LogP contribution is -2.08. The van der Waals surface area contributed by atoms with Gasteiger partial charge in [0.25, 0.3) is 5.56 Å². The molecule has 2 heterocycles. The van der Waals surface area contributed by atoms with E-state index in [0.29, 0.717) is 11.9 Å². The van der Waals surface area contributed by atoms with Crippen molar-refractivity contribution in [1.82, 2.24) is 14.8 Å². The fourth-order valence-electron chi connectivity index (χ4n) is 2.86. The Balaban J connectivity index is 2.00. The molecule has 0 amide bonds. The molecule has 2 aromatic carbocycles. The number of nitrogens with zero attached hydrogens (tertiary/aromatic N) is 2. The molecule has 0 aliphatic heterocycles. The van der Waals surface area contributed by atoms with Crippen LogP contribution >= 0.6 is 0 Å². The van der Waals surface area contributed by atoms with Gasteiger partial charge in [-0.1, -0.05) is 30.3 Å². The quantitative estimate of drug-likeness (QED) is 0.633. The first kappa shape index (κ1) is 13.6. The Kier molecular flexibility index (Phi) is 3.12. The van der Waals surface area contributed by atoms with Gasteiger partial charge < -0.3 is 9.72 Å². The van der Waals surface area contributed by atoms with Crippen LogP contribution in [0.5, 0.6) is 5.75 Å². The number of rotatable bonds is 3. The Morgan fingerprint density at radius 2 is 1.96 bits per heavy atom. The highest BCUT2D eigenvalue weighted by atomic mass is 16.5. The molecule has 0 aliphatic carbocycles. The minimum atomic E-state index is -0.128. The molecule has 0 saturated carbocycles. The highest BCUT2D eigenvalue weighted by Crippen LogP contribution is 2.25. The van der Waals surface area contributed by atoms with Gasteiger partial charge in [0.15, 0.2) is 0 Å². The van der Waals surface area contributed by atoms with Gasteiger partial charge >= 0.3 is 0 Å². The highest BCUT2D eigenvalue weighted by molar-refractivity contribution is 6.03. The molecule has 0 bridgehead atoms. The molecule has 0 fully saturated rings. The molecule has 23 heavy (non-hydrogen) atoms. The molecule has 5 heteroatoms. The van der Waals surface area contributed by atoms with Crippen molar-refractivity contribution in [2.24, 2.45) is 0 Å². The van der Waals surface area contributed by atoms with E-state index in [9.17, 15) is 4.79 Å². The molecule has 4 rings (SSSR count). The van der Waals surface area contributed by atoms with E-state index in [4.69, 9.17) is 4.74 Å². The summed E-state index contributed by atoms with van der Waals surface area (Å²) in [4.78, 5) is 15.2. The van der Waals surface area contributed by atoms with Crippen LogP contribution in [0, 0.1) is 0 Å². The summed E-state index contributed by atoms with van der Waals surface area (Å²) in [6, 6.07) is 15.7. The molecule has 0 radical (unpaired) electrons. The van der Waals surface area contributed by atoms with Crippen LogP contribution in [0.4, 0.5) is 0 Å². The third kappa shape index (κ3) is 2.26. The molecular weight excluding hydrogens is 290 g/mol. The standard InChI is InChI=1S/C18H15N3O2/c1-23-13-7-8-16-14(9-13)17-15(18(22)20-16)10-19-21(17)11-12-5-3-2-4-6-12/h2-10H,11H2,1H3,(H,20,22). The second-order valence-electron chi connectivity index (χ2n) is 5.42. The largest absolute Gasteiger partial charge is 0.497 e. The predicted molar refractivity (Wildman–Crippen MR) is 90.0 cm³/mol. The van der Waals surface area contributed by atoms with Crippen molar-refractivity contribution in [2.45, 2.75) is 6.54 Å². The zero-order valence-electron chi connectivity index (χ0n) is 12.6. The lowest BCUT2D eigenvalue weighted by Gasteiger charge is -2.08. The van der Waals surface area contributed by atoms with Crippen LogP contribution in [-0.4, -0.2) is 21.9 Å². The van der Waals surface area contributed by atoms with E-state index in [2.05, 4.69) is 10.1 Å². The van der Waals surface area contributed by atoms with Crippen molar-refractivity contribution in [3.05, 3.63) is 70.6 Å². The maximum Gasteiger partial charge on any atom is 0.259 e. The fourth-order valence-corrected chi connectivity index (χ4v) is 2.86.